The predicted octanol–water partition coefficient (Wildman–Crippen LogP) is 3.29. The Balaban J connectivity index is 1.77. The lowest BCUT2D eigenvalue weighted by molar-refractivity contribution is 0.0696. The number of aromatic carboxylic acids is 1. The summed E-state index contributed by atoms with van der Waals surface area (Å²) in [6.45, 7) is 0. The maximum absolute atomic E-state index is 13.1. The van der Waals surface area contributed by atoms with E-state index in [-0.39, 0.29) is 10.6 Å². The molecule has 0 unspecified atom stereocenters. The van der Waals surface area contributed by atoms with Crippen LogP contribution in [0.3, 0.4) is 0 Å². The van der Waals surface area contributed by atoms with E-state index in [2.05, 4.69) is 15.5 Å². The van der Waals surface area contributed by atoms with Crippen LogP contribution < -0.4 is 5.32 Å². The normalized spacial score (nSPS) is 10.4. The Bertz CT molecular complexity index is 909. The van der Waals surface area contributed by atoms with Gasteiger partial charge in [0.2, 0.25) is 5.01 Å². The Labute approximate surface area is 139 Å². The van der Waals surface area contributed by atoms with Crippen LogP contribution in [-0.4, -0.2) is 27.2 Å². The topological polar surface area (TPSA) is 92.2 Å². The van der Waals surface area contributed by atoms with Crippen molar-refractivity contribution < 1.29 is 19.1 Å². The lowest BCUT2D eigenvalue weighted by Crippen LogP contribution is -2.11. The van der Waals surface area contributed by atoms with Gasteiger partial charge in [-0.2, -0.15) is 0 Å². The molecule has 0 atom stereocenters. The molecule has 3 aromatic rings. The summed E-state index contributed by atoms with van der Waals surface area (Å²) in [6.07, 6.45) is 0. The number of nitrogens with zero attached hydrogens (tertiary/aromatic N) is 2. The van der Waals surface area contributed by atoms with Gasteiger partial charge in [0.25, 0.3) is 5.91 Å². The molecule has 0 fully saturated rings. The minimum absolute atomic E-state index is 0.122. The van der Waals surface area contributed by atoms with Gasteiger partial charge in [0.05, 0.1) is 5.56 Å². The quantitative estimate of drug-likeness (QED) is 0.758. The van der Waals surface area contributed by atoms with Crippen molar-refractivity contribution in [2.45, 2.75) is 0 Å². The smallest absolute Gasteiger partial charge is 0.335 e. The van der Waals surface area contributed by atoms with E-state index in [4.69, 9.17) is 5.11 Å². The third-order valence-electron chi connectivity index (χ3n) is 3.08. The second-order valence-electron chi connectivity index (χ2n) is 4.76. The lowest BCUT2D eigenvalue weighted by atomic mass is 10.1. The molecular formula is C16H10FN3O3S. The highest BCUT2D eigenvalue weighted by Crippen LogP contribution is 2.24. The van der Waals surface area contributed by atoms with Crippen molar-refractivity contribution in [3.05, 3.63) is 64.9 Å². The Morgan fingerprint density at radius 2 is 1.83 bits per heavy atom. The molecule has 120 valence electrons. The summed E-state index contributed by atoms with van der Waals surface area (Å²) in [5.41, 5.74) is 1.14. The maximum atomic E-state index is 13.1. The average molecular weight is 343 g/mol. The molecule has 0 bridgehead atoms. The molecule has 0 radical (unpaired) electrons. The lowest BCUT2D eigenvalue weighted by Gasteiger charge is -2.01. The van der Waals surface area contributed by atoms with Gasteiger partial charge < -0.3 is 10.4 Å². The first-order valence-corrected chi connectivity index (χ1v) is 7.59. The number of rotatable bonds is 4. The monoisotopic (exact) mass is 343 g/mol. The zero-order valence-electron chi connectivity index (χ0n) is 12.1. The summed E-state index contributed by atoms with van der Waals surface area (Å²) in [7, 11) is 0. The van der Waals surface area contributed by atoms with Crippen LogP contribution in [0, 0.1) is 5.82 Å². The van der Waals surface area contributed by atoms with E-state index in [1.54, 1.807) is 18.2 Å². The van der Waals surface area contributed by atoms with Gasteiger partial charge in [0.15, 0.2) is 0 Å². The summed E-state index contributed by atoms with van der Waals surface area (Å²) >= 11 is 1.06. The highest BCUT2D eigenvalue weighted by molar-refractivity contribution is 7.16. The second kappa shape index (κ2) is 6.55. The number of nitrogens with one attached hydrogen (secondary N) is 1. The largest absolute Gasteiger partial charge is 0.478 e. The van der Waals surface area contributed by atoms with Crippen molar-refractivity contribution in [3.8, 4) is 10.6 Å². The number of carbonyl (C=O) groups is 2. The van der Waals surface area contributed by atoms with E-state index in [1.807, 2.05) is 0 Å². The number of benzene rings is 2. The summed E-state index contributed by atoms with van der Waals surface area (Å²) in [5, 5.41) is 19.8. The molecule has 2 aromatic carbocycles. The zero-order valence-corrected chi connectivity index (χ0v) is 12.9. The molecule has 0 saturated heterocycles. The number of carboxylic acid groups (broad SMARTS) is 1. The number of carboxylic acids is 1. The molecule has 24 heavy (non-hydrogen) atoms. The summed E-state index contributed by atoms with van der Waals surface area (Å²) in [6, 6.07) is 11.6. The van der Waals surface area contributed by atoms with Crippen LogP contribution in [0.4, 0.5) is 10.1 Å². The van der Waals surface area contributed by atoms with E-state index in [9.17, 15) is 14.0 Å². The number of hydrogen-bond donors (Lipinski definition) is 2. The number of aromatic nitrogens is 2. The Morgan fingerprint density at radius 3 is 2.50 bits per heavy atom. The summed E-state index contributed by atoms with van der Waals surface area (Å²) in [4.78, 5) is 22.9. The number of halogens is 1. The van der Waals surface area contributed by atoms with Gasteiger partial charge in [-0.25, -0.2) is 9.18 Å². The van der Waals surface area contributed by atoms with Crippen molar-refractivity contribution in [1.29, 1.82) is 0 Å². The fourth-order valence-corrected chi connectivity index (χ4v) is 2.68. The first-order valence-electron chi connectivity index (χ1n) is 6.77. The number of hydrogen-bond acceptors (Lipinski definition) is 5. The molecule has 0 saturated carbocycles. The minimum Gasteiger partial charge on any atom is -0.478 e. The molecule has 0 spiro atoms. The molecule has 2 N–H and O–H groups in total. The van der Waals surface area contributed by atoms with Crippen LogP contribution in [0.1, 0.15) is 20.2 Å². The molecule has 0 aliphatic heterocycles. The standard InChI is InChI=1S/C16H10FN3O3S/c17-11-2-1-3-12(8-11)18-13(21)15-20-19-14(24-15)9-4-6-10(7-5-9)16(22)23/h1-8H,(H,18,21)(H,22,23). The molecule has 1 amide bonds. The molecule has 1 aromatic heterocycles. The molecule has 0 aliphatic rings. The van der Waals surface area contributed by atoms with E-state index in [1.165, 1.54) is 30.3 Å². The first kappa shape index (κ1) is 15.8. The predicted molar refractivity (Wildman–Crippen MR) is 86.7 cm³/mol. The van der Waals surface area contributed by atoms with Crippen LogP contribution in [0.15, 0.2) is 48.5 Å². The average Bonchev–Trinajstić information content (AvgIpc) is 3.05. The van der Waals surface area contributed by atoms with Crippen LogP contribution in [0.5, 0.6) is 0 Å². The van der Waals surface area contributed by atoms with Crippen molar-refractivity contribution in [2.75, 3.05) is 5.32 Å². The van der Waals surface area contributed by atoms with Crippen LogP contribution >= 0.6 is 11.3 Å². The first-order chi connectivity index (χ1) is 11.5. The molecular weight excluding hydrogens is 333 g/mol. The molecule has 3 rings (SSSR count). The second-order valence-corrected chi connectivity index (χ2v) is 5.74. The van der Waals surface area contributed by atoms with Gasteiger partial charge in [0.1, 0.15) is 10.8 Å². The van der Waals surface area contributed by atoms with Gasteiger partial charge in [-0.3, -0.25) is 4.79 Å². The highest BCUT2D eigenvalue weighted by atomic mass is 32.1. The molecule has 8 heteroatoms. The fourth-order valence-electron chi connectivity index (χ4n) is 1.94. The van der Waals surface area contributed by atoms with Crippen molar-refractivity contribution in [2.24, 2.45) is 0 Å². The van der Waals surface area contributed by atoms with Gasteiger partial charge >= 0.3 is 5.97 Å². The SMILES string of the molecule is O=C(O)c1ccc(-c2nnc(C(=O)Nc3cccc(F)c3)s2)cc1. The van der Waals surface area contributed by atoms with E-state index >= 15 is 0 Å². The van der Waals surface area contributed by atoms with Crippen molar-refractivity contribution in [3.63, 3.8) is 0 Å². The van der Waals surface area contributed by atoms with Crippen LogP contribution in [0.25, 0.3) is 10.6 Å². The van der Waals surface area contributed by atoms with Gasteiger partial charge in [-0.1, -0.05) is 29.5 Å². The molecule has 1 heterocycles. The third-order valence-corrected chi connectivity index (χ3v) is 4.05. The number of anilines is 1. The van der Waals surface area contributed by atoms with Crippen molar-refractivity contribution in [1.82, 2.24) is 10.2 Å². The zero-order chi connectivity index (χ0) is 17.1. The van der Waals surface area contributed by atoms with Crippen molar-refractivity contribution >= 4 is 28.9 Å². The Morgan fingerprint density at radius 1 is 1.08 bits per heavy atom. The fraction of sp³-hybridized carbons (Fsp3) is 0. The minimum atomic E-state index is -1.02. The third kappa shape index (κ3) is 3.44. The maximum Gasteiger partial charge on any atom is 0.335 e. The van der Waals surface area contributed by atoms with Gasteiger partial charge in [-0.05, 0) is 30.3 Å². The van der Waals surface area contributed by atoms with Crippen LogP contribution in [0.2, 0.25) is 0 Å². The van der Waals surface area contributed by atoms with E-state index in [0.29, 0.717) is 16.3 Å². The number of amides is 1. The summed E-state index contributed by atoms with van der Waals surface area (Å²) < 4.78 is 13.1. The van der Waals surface area contributed by atoms with Crippen LogP contribution in [-0.2, 0) is 0 Å². The highest BCUT2D eigenvalue weighted by Gasteiger charge is 2.14. The van der Waals surface area contributed by atoms with E-state index in [0.717, 1.165) is 11.3 Å². The van der Waals surface area contributed by atoms with Gasteiger partial charge in [0, 0.05) is 11.3 Å². The number of carbonyl (C=O) groups excluding carboxylic acids is 1. The Kier molecular flexibility index (Phi) is 4.30. The van der Waals surface area contributed by atoms with E-state index < -0.39 is 17.7 Å². The molecule has 6 nitrogen and oxygen atoms in total. The Hall–Kier alpha value is -3.13. The summed E-state index contributed by atoms with van der Waals surface area (Å²) in [5.74, 6) is -1.97. The molecule has 0 aliphatic carbocycles. The van der Waals surface area contributed by atoms with Gasteiger partial charge in [-0.15, -0.1) is 10.2 Å².